The Hall–Kier alpha value is -0.850. The van der Waals surface area contributed by atoms with Gasteiger partial charge in [0.05, 0.1) is 6.54 Å². The number of nitrogens with one attached hydrogen (secondary N) is 1. The molecule has 0 bridgehead atoms. The summed E-state index contributed by atoms with van der Waals surface area (Å²) in [6.07, 6.45) is 6.72. The van der Waals surface area contributed by atoms with Crippen molar-refractivity contribution in [3.8, 4) is 0 Å². The van der Waals surface area contributed by atoms with Crippen molar-refractivity contribution in [1.29, 1.82) is 0 Å². The van der Waals surface area contributed by atoms with Gasteiger partial charge in [-0.1, -0.05) is 12.8 Å². The molecule has 0 aliphatic carbocycles. The van der Waals surface area contributed by atoms with E-state index in [9.17, 15) is 9.59 Å². The molecule has 0 aromatic rings. The van der Waals surface area contributed by atoms with Gasteiger partial charge in [-0.2, -0.15) is 0 Å². The minimum absolute atomic E-state index is 0. The van der Waals surface area contributed by atoms with Gasteiger partial charge in [-0.05, 0) is 38.8 Å². The average Bonchev–Trinajstić information content (AvgIpc) is 2.92. The Kier molecular flexibility index (Phi) is 8.46. The first-order valence-electron chi connectivity index (χ1n) is 9.73. The molecule has 3 saturated heterocycles. The highest BCUT2D eigenvalue weighted by Gasteiger charge is 2.29. The molecule has 7 heteroatoms. The summed E-state index contributed by atoms with van der Waals surface area (Å²) >= 11 is 0. The molecular formula is C18H33ClN4O2. The van der Waals surface area contributed by atoms with E-state index in [1.54, 1.807) is 0 Å². The molecule has 3 fully saturated rings. The van der Waals surface area contributed by atoms with E-state index in [1.807, 2.05) is 9.80 Å². The van der Waals surface area contributed by atoms with Crippen molar-refractivity contribution in [2.75, 3.05) is 58.9 Å². The van der Waals surface area contributed by atoms with E-state index in [0.29, 0.717) is 12.5 Å². The number of nitrogens with zero attached hydrogens (tertiary/aromatic N) is 3. The molecule has 6 nitrogen and oxygen atoms in total. The molecule has 2 amide bonds. The first-order valence-corrected chi connectivity index (χ1v) is 9.73. The summed E-state index contributed by atoms with van der Waals surface area (Å²) in [6, 6.07) is 0. The second kappa shape index (κ2) is 10.3. The molecule has 144 valence electrons. The summed E-state index contributed by atoms with van der Waals surface area (Å²) in [7, 11) is 0. The third-order valence-electron chi connectivity index (χ3n) is 5.69. The van der Waals surface area contributed by atoms with Crippen LogP contribution in [-0.4, -0.2) is 85.4 Å². The number of piperazine rings is 1. The second-order valence-corrected chi connectivity index (χ2v) is 7.42. The maximum Gasteiger partial charge on any atom is 0.236 e. The lowest BCUT2D eigenvalue weighted by Gasteiger charge is -2.37. The Bertz CT molecular complexity index is 427. The summed E-state index contributed by atoms with van der Waals surface area (Å²) in [5, 5.41) is 3.32. The fraction of sp³-hybridized carbons (Fsp3) is 0.889. The highest BCUT2D eigenvalue weighted by atomic mass is 35.5. The zero-order valence-electron chi connectivity index (χ0n) is 15.3. The molecule has 3 heterocycles. The SMILES string of the molecule is Cl.O=C(CN1CCN(C(=O)C2CCNCC2)CC1)N1CCCCCC1. The average molecular weight is 373 g/mol. The molecule has 0 aromatic heterocycles. The van der Waals surface area contributed by atoms with Crippen LogP contribution >= 0.6 is 12.4 Å². The van der Waals surface area contributed by atoms with E-state index >= 15 is 0 Å². The van der Waals surface area contributed by atoms with Crippen molar-refractivity contribution in [3.63, 3.8) is 0 Å². The summed E-state index contributed by atoms with van der Waals surface area (Å²) in [5.41, 5.74) is 0. The van der Waals surface area contributed by atoms with E-state index in [0.717, 1.165) is 78.0 Å². The van der Waals surface area contributed by atoms with Crippen molar-refractivity contribution < 1.29 is 9.59 Å². The number of carbonyl (C=O) groups excluding carboxylic acids is 2. The number of halogens is 1. The maximum atomic E-state index is 12.6. The Balaban J connectivity index is 0.00000225. The predicted molar refractivity (Wildman–Crippen MR) is 101 cm³/mol. The summed E-state index contributed by atoms with van der Waals surface area (Å²) in [4.78, 5) is 31.3. The van der Waals surface area contributed by atoms with E-state index < -0.39 is 0 Å². The minimum atomic E-state index is 0. The van der Waals surface area contributed by atoms with Gasteiger partial charge >= 0.3 is 0 Å². The van der Waals surface area contributed by atoms with Gasteiger partial charge in [-0.25, -0.2) is 0 Å². The number of piperidine rings is 1. The van der Waals surface area contributed by atoms with Crippen LogP contribution in [0.5, 0.6) is 0 Å². The third kappa shape index (κ3) is 5.83. The van der Waals surface area contributed by atoms with E-state index in [-0.39, 0.29) is 24.2 Å². The second-order valence-electron chi connectivity index (χ2n) is 7.42. The Labute approximate surface area is 157 Å². The van der Waals surface area contributed by atoms with Gasteiger partial charge in [0.15, 0.2) is 0 Å². The van der Waals surface area contributed by atoms with Crippen LogP contribution in [0.3, 0.4) is 0 Å². The van der Waals surface area contributed by atoms with Crippen LogP contribution in [0.25, 0.3) is 0 Å². The first kappa shape index (κ1) is 20.5. The molecule has 3 aliphatic heterocycles. The molecule has 0 aromatic carbocycles. The highest BCUT2D eigenvalue weighted by molar-refractivity contribution is 5.85. The molecule has 0 atom stereocenters. The Morgan fingerprint density at radius 2 is 1.40 bits per heavy atom. The van der Waals surface area contributed by atoms with Gasteiger partial charge < -0.3 is 15.1 Å². The molecule has 3 rings (SSSR count). The molecular weight excluding hydrogens is 340 g/mol. The van der Waals surface area contributed by atoms with Gasteiger partial charge in [0.25, 0.3) is 0 Å². The van der Waals surface area contributed by atoms with Gasteiger partial charge in [0.2, 0.25) is 11.8 Å². The van der Waals surface area contributed by atoms with Crippen LogP contribution in [0.15, 0.2) is 0 Å². The number of rotatable bonds is 3. The van der Waals surface area contributed by atoms with E-state index in [1.165, 1.54) is 12.8 Å². The van der Waals surface area contributed by atoms with Gasteiger partial charge in [-0.15, -0.1) is 12.4 Å². The number of amides is 2. The minimum Gasteiger partial charge on any atom is -0.342 e. The fourth-order valence-electron chi connectivity index (χ4n) is 4.06. The quantitative estimate of drug-likeness (QED) is 0.801. The van der Waals surface area contributed by atoms with Crippen LogP contribution in [0.1, 0.15) is 38.5 Å². The zero-order chi connectivity index (χ0) is 16.8. The van der Waals surface area contributed by atoms with Crippen molar-refractivity contribution in [1.82, 2.24) is 20.0 Å². The van der Waals surface area contributed by atoms with Crippen LogP contribution < -0.4 is 5.32 Å². The molecule has 25 heavy (non-hydrogen) atoms. The molecule has 3 aliphatic rings. The van der Waals surface area contributed by atoms with E-state index in [4.69, 9.17) is 0 Å². The highest BCUT2D eigenvalue weighted by Crippen LogP contribution is 2.17. The number of carbonyl (C=O) groups is 2. The monoisotopic (exact) mass is 372 g/mol. The Morgan fingerprint density at radius 1 is 0.800 bits per heavy atom. The lowest BCUT2D eigenvalue weighted by atomic mass is 9.96. The standard InChI is InChI=1S/C18H32N4O2.ClH/c23-17(21-9-3-1-2-4-10-21)15-20-11-13-22(14-12-20)18(24)16-5-7-19-8-6-16;/h16,19H,1-15H2;1H. The number of hydrogen-bond acceptors (Lipinski definition) is 4. The first-order chi connectivity index (χ1) is 11.7. The van der Waals surface area contributed by atoms with Crippen LogP contribution in [-0.2, 0) is 9.59 Å². The van der Waals surface area contributed by atoms with Crippen molar-refractivity contribution >= 4 is 24.2 Å². The summed E-state index contributed by atoms with van der Waals surface area (Å²) in [5.74, 6) is 0.807. The summed E-state index contributed by atoms with van der Waals surface area (Å²) < 4.78 is 0. The zero-order valence-corrected chi connectivity index (χ0v) is 16.1. The summed E-state index contributed by atoms with van der Waals surface area (Å²) in [6.45, 7) is 7.50. The van der Waals surface area contributed by atoms with Crippen LogP contribution in [0, 0.1) is 5.92 Å². The third-order valence-corrected chi connectivity index (χ3v) is 5.69. The van der Waals surface area contributed by atoms with Crippen molar-refractivity contribution in [3.05, 3.63) is 0 Å². The predicted octanol–water partition coefficient (Wildman–Crippen LogP) is 0.955. The van der Waals surface area contributed by atoms with Crippen molar-refractivity contribution in [2.24, 2.45) is 5.92 Å². The normalized spacial score (nSPS) is 23.7. The van der Waals surface area contributed by atoms with Gasteiger partial charge in [0, 0.05) is 45.2 Å². The lowest BCUT2D eigenvalue weighted by Crippen LogP contribution is -2.53. The molecule has 0 spiro atoms. The number of hydrogen-bond donors (Lipinski definition) is 1. The lowest BCUT2D eigenvalue weighted by molar-refractivity contribution is -0.139. The molecule has 0 radical (unpaired) electrons. The van der Waals surface area contributed by atoms with Crippen LogP contribution in [0.2, 0.25) is 0 Å². The fourth-order valence-corrected chi connectivity index (χ4v) is 4.06. The smallest absolute Gasteiger partial charge is 0.236 e. The molecule has 0 saturated carbocycles. The number of likely N-dealkylation sites (tertiary alicyclic amines) is 1. The topological polar surface area (TPSA) is 55.9 Å². The maximum absolute atomic E-state index is 12.6. The van der Waals surface area contributed by atoms with Crippen LogP contribution in [0.4, 0.5) is 0 Å². The van der Waals surface area contributed by atoms with Crippen molar-refractivity contribution in [2.45, 2.75) is 38.5 Å². The molecule has 0 unspecified atom stereocenters. The van der Waals surface area contributed by atoms with Gasteiger partial charge in [0.1, 0.15) is 0 Å². The van der Waals surface area contributed by atoms with E-state index in [2.05, 4.69) is 10.2 Å². The van der Waals surface area contributed by atoms with Gasteiger partial charge in [-0.3, -0.25) is 14.5 Å². The largest absolute Gasteiger partial charge is 0.342 e. The molecule has 1 N–H and O–H groups in total. The Morgan fingerprint density at radius 3 is 2.00 bits per heavy atom.